The molecule has 154 valence electrons. The molecule has 0 aliphatic carbocycles. The molecule has 4 aromatic carbocycles. The van der Waals surface area contributed by atoms with Gasteiger partial charge in [-0.1, -0.05) is 121 Å². The second kappa shape index (κ2) is 8.78. The van der Waals surface area contributed by atoms with Crippen molar-refractivity contribution in [3.05, 3.63) is 120 Å². The summed E-state index contributed by atoms with van der Waals surface area (Å²) in [4.78, 5) is 9.43. The summed E-state index contributed by atoms with van der Waals surface area (Å²) >= 11 is 6.52. The monoisotopic (exact) mass is 432 g/mol. The lowest BCUT2D eigenvalue weighted by atomic mass is 10.0. The number of halogens is 1. The number of hydrogen-bond donors (Lipinski definition) is 0. The van der Waals surface area contributed by atoms with Crippen molar-refractivity contribution in [2.45, 2.75) is 6.92 Å². The van der Waals surface area contributed by atoms with Gasteiger partial charge in [-0.15, -0.1) is 0 Å². The zero-order chi connectivity index (χ0) is 21.9. The maximum atomic E-state index is 6.52. The van der Waals surface area contributed by atoms with E-state index in [-0.39, 0.29) is 0 Å². The molecule has 3 heteroatoms. The van der Waals surface area contributed by atoms with Crippen molar-refractivity contribution in [1.82, 2.24) is 9.97 Å². The highest BCUT2D eigenvalue weighted by atomic mass is 35.5. The van der Waals surface area contributed by atoms with Crippen molar-refractivity contribution >= 4 is 11.6 Å². The molecular weight excluding hydrogens is 412 g/mol. The van der Waals surface area contributed by atoms with Gasteiger partial charge in [-0.3, -0.25) is 0 Å². The third kappa shape index (κ3) is 4.05. The van der Waals surface area contributed by atoms with Crippen LogP contribution in [0.15, 0.2) is 109 Å². The van der Waals surface area contributed by atoms with Crippen LogP contribution in [-0.4, -0.2) is 9.97 Å². The lowest BCUT2D eigenvalue weighted by molar-refractivity contribution is 1.14. The van der Waals surface area contributed by atoms with E-state index in [0.717, 1.165) is 27.9 Å². The molecule has 0 saturated carbocycles. The van der Waals surface area contributed by atoms with Gasteiger partial charge in [0.25, 0.3) is 0 Å². The lowest BCUT2D eigenvalue weighted by Crippen LogP contribution is -1.97. The molecule has 0 bridgehead atoms. The molecule has 32 heavy (non-hydrogen) atoms. The zero-order valence-corrected chi connectivity index (χ0v) is 18.4. The summed E-state index contributed by atoms with van der Waals surface area (Å²) < 4.78 is 0. The fourth-order valence-corrected chi connectivity index (χ4v) is 3.96. The molecule has 0 fully saturated rings. The predicted octanol–water partition coefficient (Wildman–Crippen LogP) is 8.11. The Morgan fingerprint density at radius 2 is 0.875 bits per heavy atom. The van der Waals surface area contributed by atoms with Gasteiger partial charge < -0.3 is 0 Å². The minimum absolute atomic E-state index is 0.476. The molecule has 1 heterocycles. The average molecular weight is 433 g/mol. The number of hydrogen-bond acceptors (Lipinski definition) is 2. The normalized spacial score (nSPS) is 10.8. The molecule has 2 nitrogen and oxygen atoms in total. The average Bonchev–Trinajstić information content (AvgIpc) is 2.87. The van der Waals surface area contributed by atoms with E-state index in [1.165, 1.54) is 16.7 Å². The summed E-state index contributed by atoms with van der Waals surface area (Å²) in [7, 11) is 0. The smallest absolute Gasteiger partial charge is 0.161 e. The van der Waals surface area contributed by atoms with Gasteiger partial charge in [0.05, 0.1) is 5.69 Å². The van der Waals surface area contributed by atoms with Gasteiger partial charge in [-0.05, 0) is 29.2 Å². The summed E-state index contributed by atoms with van der Waals surface area (Å²) in [5, 5.41) is 0.476. The standard InChI is InChI=1S/C29H21ClN2/c1-20-27(25-16-12-23(13-17-25)21-8-4-2-5-9-21)31-29(32-28(20)30)26-18-14-24(15-19-26)22-10-6-3-7-11-22/h2-19H,1H3. The molecule has 0 N–H and O–H groups in total. The Labute approximate surface area is 193 Å². The highest BCUT2D eigenvalue weighted by molar-refractivity contribution is 6.30. The molecule has 0 aliphatic heterocycles. The van der Waals surface area contributed by atoms with E-state index < -0.39 is 0 Å². The number of rotatable bonds is 4. The molecule has 0 aliphatic rings. The van der Waals surface area contributed by atoms with Crippen LogP contribution >= 0.6 is 11.6 Å². The molecule has 5 aromatic rings. The van der Waals surface area contributed by atoms with Crippen LogP contribution in [-0.2, 0) is 0 Å². The Hall–Kier alpha value is -3.75. The highest BCUT2D eigenvalue weighted by Crippen LogP contribution is 2.31. The Balaban J connectivity index is 1.49. The van der Waals surface area contributed by atoms with Crippen molar-refractivity contribution in [3.8, 4) is 44.9 Å². The van der Waals surface area contributed by atoms with E-state index in [4.69, 9.17) is 16.6 Å². The van der Waals surface area contributed by atoms with Gasteiger partial charge in [-0.2, -0.15) is 0 Å². The van der Waals surface area contributed by atoms with Crippen molar-refractivity contribution in [1.29, 1.82) is 0 Å². The van der Waals surface area contributed by atoms with Gasteiger partial charge in [0.1, 0.15) is 5.15 Å². The second-order valence-corrected chi connectivity index (χ2v) is 8.06. The Bertz CT molecular complexity index is 1340. The van der Waals surface area contributed by atoms with Crippen molar-refractivity contribution in [3.63, 3.8) is 0 Å². The highest BCUT2D eigenvalue weighted by Gasteiger charge is 2.13. The fraction of sp³-hybridized carbons (Fsp3) is 0.0345. The first-order chi connectivity index (χ1) is 15.7. The first-order valence-electron chi connectivity index (χ1n) is 10.5. The minimum Gasteiger partial charge on any atom is -0.228 e. The lowest BCUT2D eigenvalue weighted by Gasteiger charge is -2.11. The molecular formula is C29H21ClN2. The molecule has 0 amide bonds. The Morgan fingerprint density at radius 1 is 0.469 bits per heavy atom. The van der Waals surface area contributed by atoms with Crippen LogP contribution in [0.5, 0.6) is 0 Å². The predicted molar refractivity (Wildman–Crippen MR) is 134 cm³/mol. The van der Waals surface area contributed by atoms with Crippen LogP contribution in [0.2, 0.25) is 5.15 Å². The summed E-state index contributed by atoms with van der Waals surface area (Å²) in [6.07, 6.45) is 0. The number of nitrogens with zero attached hydrogens (tertiary/aromatic N) is 2. The van der Waals surface area contributed by atoms with Crippen LogP contribution in [0.25, 0.3) is 44.9 Å². The van der Waals surface area contributed by atoms with Gasteiger partial charge in [0, 0.05) is 16.7 Å². The van der Waals surface area contributed by atoms with E-state index in [1.807, 2.05) is 55.5 Å². The van der Waals surface area contributed by atoms with Gasteiger partial charge >= 0.3 is 0 Å². The van der Waals surface area contributed by atoms with Crippen molar-refractivity contribution < 1.29 is 0 Å². The van der Waals surface area contributed by atoms with E-state index in [0.29, 0.717) is 11.0 Å². The quantitative estimate of drug-likeness (QED) is 0.268. The Morgan fingerprint density at radius 3 is 1.38 bits per heavy atom. The molecule has 0 radical (unpaired) electrons. The van der Waals surface area contributed by atoms with E-state index >= 15 is 0 Å². The summed E-state index contributed by atoms with van der Waals surface area (Å²) in [6, 6.07) is 37.4. The first-order valence-corrected chi connectivity index (χ1v) is 10.9. The van der Waals surface area contributed by atoms with Crippen LogP contribution in [0.3, 0.4) is 0 Å². The number of benzene rings is 4. The largest absolute Gasteiger partial charge is 0.228 e. The fourth-order valence-electron chi connectivity index (χ4n) is 3.79. The van der Waals surface area contributed by atoms with Gasteiger partial charge in [0.2, 0.25) is 0 Å². The molecule has 0 unspecified atom stereocenters. The number of aromatic nitrogens is 2. The topological polar surface area (TPSA) is 25.8 Å². The maximum absolute atomic E-state index is 6.52. The summed E-state index contributed by atoms with van der Waals surface area (Å²) in [6.45, 7) is 1.96. The maximum Gasteiger partial charge on any atom is 0.161 e. The molecule has 1 aromatic heterocycles. The summed E-state index contributed by atoms with van der Waals surface area (Å²) in [5.74, 6) is 0.627. The van der Waals surface area contributed by atoms with Crippen LogP contribution in [0, 0.1) is 6.92 Å². The minimum atomic E-state index is 0.476. The zero-order valence-electron chi connectivity index (χ0n) is 17.7. The third-order valence-corrected chi connectivity index (χ3v) is 5.97. The SMILES string of the molecule is Cc1c(Cl)nc(-c2ccc(-c3ccccc3)cc2)nc1-c1ccc(-c2ccccc2)cc1. The molecule has 0 atom stereocenters. The van der Waals surface area contributed by atoms with Crippen LogP contribution in [0.1, 0.15) is 5.56 Å². The van der Waals surface area contributed by atoms with Crippen molar-refractivity contribution in [2.24, 2.45) is 0 Å². The van der Waals surface area contributed by atoms with E-state index in [1.54, 1.807) is 0 Å². The molecule has 0 spiro atoms. The van der Waals surface area contributed by atoms with Crippen LogP contribution < -0.4 is 0 Å². The van der Waals surface area contributed by atoms with E-state index in [9.17, 15) is 0 Å². The van der Waals surface area contributed by atoms with Crippen molar-refractivity contribution in [2.75, 3.05) is 0 Å². The first kappa shape index (κ1) is 20.2. The summed E-state index contributed by atoms with van der Waals surface area (Å²) in [5.41, 5.74) is 8.39. The Kier molecular flexibility index (Phi) is 5.53. The van der Waals surface area contributed by atoms with Gasteiger partial charge in [-0.25, -0.2) is 9.97 Å². The second-order valence-electron chi connectivity index (χ2n) is 7.70. The van der Waals surface area contributed by atoms with E-state index in [2.05, 4.69) is 65.6 Å². The van der Waals surface area contributed by atoms with Crippen LogP contribution in [0.4, 0.5) is 0 Å². The molecule has 5 rings (SSSR count). The third-order valence-electron chi connectivity index (χ3n) is 5.60. The molecule has 0 saturated heterocycles. The van der Waals surface area contributed by atoms with Gasteiger partial charge in [0.15, 0.2) is 5.82 Å².